The lowest BCUT2D eigenvalue weighted by Crippen LogP contribution is -2.54. The van der Waals surface area contributed by atoms with Gasteiger partial charge in [0.15, 0.2) is 5.75 Å². The molecule has 4 amide bonds. The number of carbonyl (C=O) groups excluding carboxylic acids is 3. The molecule has 1 heterocycles. The van der Waals surface area contributed by atoms with Crippen molar-refractivity contribution in [3.63, 3.8) is 0 Å². The largest absolute Gasteiger partial charge is 0.505 e. The Morgan fingerprint density at radius 2 is 1.74 bits per heavy atom. The fourth-order valence-electron chi connectivity index (χ4n) is 2.50. The molecule has 2 aromatic carbocycles. The first kappa shape index (κ1) is 19.4. The fraction of sp³-hybridized carbons (Fsp3) is 0.0556. The number of halogens is 3. The molecular weight excluding hydrogens is 459 g/mol. The van der Waals surface area contributed by atoms with Crippen LogP contribution >= 0.6 is 39.1 Å². The minimum atomic E-state index is -0.842. The number of urea groups is 1. The molecule has 3 rings (SSSR count). The average molecular weight is 470 g/mol. The van der Waals surface area contributed by atoms with E-state index in [-0.39, 0.29) is 21.4 Å². The van der Waals surface area contributed by atoms with Crippen molar-refractivity contribution in [2.45, 2.75) is 6.92 Å². The Bertz CT molecular complexity index is 1010. The number of hydrogen-bond donors (Lipinski definition) is 2. The van der Waals surface area contributed by atoms with Crippen molar-refractivity contribution in [1.82, 2.24) is 5.32 Å². The fourth-order valence-corrected chi connectivity index (χ4v) is 3.25. The van der Waals surface area contributed by atoms with Gasteiger partial charge in [0.05, 0.1) is 15.7 Å². The molecule has 0 aliphatic carbocycles. The number of aryl methyl sites for hydroxylation is 1. The van der Waals surface area contributed by atoms with Crippen LogP contribution in [0.1, 0.15) is 11.1 Å². The number of anilines is 1. The van der Waals surface area contributed by atoms with Gasteiger partial charge >= 0.3 is 6.03 Å². The SMILES string of the molecule is Cc1cc(N2C(=O)NC(=O)/C(=C\c3cc(Cl)c(O)c(Cl)c3)C2=O)ccc1Br. The summed E-state index contributed by atoms with van der Waals surface area (Å²) in [5.74, 6) is -1.93. The topological polar surface area (TPSA) is 86.7 Å². The standard InChI is InChI=1S/C18H11BrCl2N2O4/c1-8-4-10(2-3-12(8)19)23-17(26)11(16(25)22-18(23)27)5-9-6-13(20)15(24)14(21)7-9/h2-7,24H,1H3,(H,22,25,27)/b11-5+. The second kappa shape index (κ2) is 7.34. The number of barbiturate groups is 1. The number of nitrogens with zero attached hydrogens (tertiary/aromatic N) is 1. The van der Waals surface area contributed by atoms with Gasteiger partial charge in [0.25, 0.3) is 11.8 Å². The monoisotopic (exact) mass is 468 g/mol. The number of nitrogens with one attached hydrogen (secondary N) is 1. The molecular formula is C18H11BrCl2N2O4. The van der Waals surface area contributed by atoms with E-state index in [0.29, 0.717) is 11.3 Å². The molecule has 9 heteroatoms. The first-order valence-electron chi connectivity index (χ1n) is 7.54. The quantitative estimate of drug-likeness (QED) is 0.503. The molecule has 0 bridgehead atoms. The Balaban J connectivity index is 2.06. The van der Waals surface area contributed by atoms with Crippen LogP contribution in [0.4, 0.5) is 10.5 Å². The summed E-state index contributed by atoms with van der Waals surface area (Å²) in [5, 5.41) is 11.7. The van der Waals surface area contributed by atoms with Gasteiger partial charge < -0.3 is 5.11 Å². The number of imide groups is 2. The Labute approximate surface area is 172 Å². The molecule has 0 radical (unpaired) electrons. The number of amides is 4. The molecule has 6 nitrogen and oxygen atoms in total. The Morgan fingerprint density at radius 1 is 1.11 bits per heavy atom. The summed E-state index contributed by atoms with van der Waals surface area (Å²) in [6.07, 6.45) is 1.25. The Morgan fingerprint density at radius 3 is 2.33 bits per heavy atom. The highest BCUT2D eigenvalue weighted by atomic mass is 79.9. The van der Waals surface area contributed by atoms with E-state index in [4.69, 9.17) is 23.2 Å². The highest BCUT2D eigenvalue weighted by molar-refractivity contribution is 9.10. The Kier molecular flexibility index (Phi) is 5.28. The lowest BCUT2D eigenvalue weighted by atomic mass is 10.1. The third kappa shape index (κ3) is 3.71. The minimum Gasteiger partial charge on any atom is -0.505 e. The first-order chi connectivity index (χ1) is 12.7. The summed E-state index contributed by atoms with van der Waals surface area (Å²) in [4.78, 5) is 38.1. The number of hydrogen-bond acceptors (Lipinski definition) is 4. The van der Waals surface area contributed by atoms with Crippen molar-refractivity contribution in [1.29, 1.82) is 0 Å². The molecule has 2 aromatic rings. The smallest absolute Gasteiger partial charge is 0.335 e. The number of phenols is 1. The maximum Gasteiger partial charge on any atom is 0.335 e. The van der Waals surface area contributed by atoms with Gasteiger partial charge in [-0.1, -0.05) is 39.1 Å². The number of aromatic hydroxyl groups is 1. The highest BCUT2D eigenvalue weighted by Gasteiger charge is 2.37. The maximum absolute atomic E-state index is 12.8. The van der Waals surface area contributed by atoms with Crippen molar-refractivity contribution in [2.75, 3.05) is 4.90 Å². The van der Waals surface area contributed by atoms with Crippen LogP contribution in [-0.2, 0) is 9.59 Å². The van der Waals surface area contributed by atoms with E-state index in [0.717, 1.165) is 14.9 Å². The van der Waals surface area contributed by atoms with Crippen molar-refractivity contribution in [2.24, 2.45) is 0 Å². The van der Waals surface area contributed by atoms with E-state index >= 15 is 0 Å². The van der Waals surface area contributed by atoms with Gasteiger partial charge in [0.2, 0.25) is 0 Å². The molecule has 0 saturated carbocycles. The molecule has 0 spiro atoms. The van der Waals surface area contributed by atoms with Gasteiger partial charge in [-0.2, -0.15) is 0 Å². The number of benzene rings is 2. The molecule has 0 unspecified atom stereocenters. The Hall–Kier alpha value is -2.35. The van der Waals surface area contributed by atoms with Gasteiger partial charge in [0.1, 0.15) is 5.57 Å². The van der Waals surface area contributed by atoms with Crippen molar-refractivity contribution in [3.05, 3.63) is 61.5 Å². The minimum absolute atomic E-state index is 0.0329. The first-order valence-corrected chi connectivity index (χ1v) is 9.09. The zero-order valence-electron chi connectivity index (χ0n) is 13.7. The van der Waals surface area contributed by atoms with Gasteiger partial charge in [-0.05, 0) is 54.5 Å². The van der Waals surface area contributed by atoms with Crippen LogP contribution in [0.25, 0.3) is 6.08 Å². The van der Waals surface area contributed by atoms with Gasteiger partial charge in [-0.25, -0.2) is 9.69 Å². The highest BCUT2D eigenvalue weighted by Crippen LogP contribution is 2.34. The molecule has 2 N–H and O–H groups in total. The summed E-state index contributed by atoms with van der Waals surface area (Å²) in [5.41, 5.74) is 1.18. The second-order valence-electron chi connectivity index (χ2n) is 5.72. The van der Waals surface area contributed by atoms with Crippen LogP contribution in [-0.4, -0.2) is 23.0 Å². The van der Waals surface area contributed by atoms with Crippen molar-refractivity contribution >= 4 is 68.7 Å². The zero-order chi connectivity index (χ0) is 19.9. The van der Waals surface area contributed by atoms with E-state index < -0.39 is 17.8 Å². The van der Waals surface area contributed by atoms with E-state index in [1.54, 1.807) is 18.2 Å². The average Bonchev–Trinajstić information content (AvgIpc) is 2.59. The van der Waals surface area contributed by atoms with Crippen molar-refractivity contribution < 1.29 is 19.5 Å². The third-order valence-electron chi connectivity index (χ3n) is 3.85. The second-order valence-corrected chi connectivity index (χ2v) is 7.39. The van der Waals surface area contributed by atoms with E-state index in [1.807, 2.05) is 6.92 Å². The molecule has 1 saturated heterocycles. The van der Waals surface area contributed by atoms with Crippen LogP contribution in [0.5, 0.6) is 5.75 Å². The number of phenolic OH excluding ortho intramolecular Hbond substituents is 1. The summed E-state index contributed by atoms with van der Waals surface area (Å²) < 4.78 is 0.816. The lowest BCUT2D eigenvalue weighted by molar-refractivity contribution is -0.122. The normalized spacial score (nSPS) is 16.1. The van der Waals surface area contributed by atoms with Gasteiger partial charge in [-0.3, -0.25) is 14.9 Å². The summed E-state index contributed by atoms with van der Waals surface area (Å²) in [6, 6.07) is 6.77. The molecule has 0 aromatic heterocycles. The predicted octanol–water partition coefficient (Wildman–Crippen LogP) is 4.44. The molecule has 27 heavy (non-hydrogen) atoms. The number of carbonyl (C=O) groups is 3. The van der Waals surface area contributed by atoms with Crippen LogP contribution in [0.3, 0.4) is 0 Å². The lowest BCUT2D eigenvalue weighted by Gasteiger charge is -2.26. The van der Waals surface area contributed by atoms with E-state index in [9.17, 15) is 19.5 Å². The number of rotatable bonds is 2. The summed E-state index contributed by atoms with van der Waals surface area (Å²) in [7, 11) is 0. The van der Waals surface area contributed by atoms with Crippen LogP contribution < -0.4 is 10.2 Å². The maximum atomic E-state index is 12.8. The van der Waals surface area contributed by atoms with Crippen LogP contribution in [0.15, 0.2) is 40.4 Å². The van der Waals surface area contributed by atoms with Crippen LogP contribution in [0.2, 0.25) is 10.0 Å². The summed E-state index contributed by atoms with van der Waals surface area (Å²) >= 11 is 15.1. The molecule has 1 aliphatic rings. The van der Waals surface area contributed by atoms with Crippen LogP contribution in [0, 0.1) is 6.92 Å². The molecule has 1 fully saturated rings. The van der Waals surface area contributed by atoms with Gasteiger partial charge in [0, 0.05) is 4.47 Å². The van der Waals surface area contributed by atoms with Gasteiger partial charge in [-0.15, -0.1) is 0 Å². The third-order valence-corrected chi connectivity index (χ3v) is 5.32. The molecule has 0 atom stereocenters. The van der Waals surface area contributed by atoms with E-state index in [1.165, 1.54) is 18.2 Å². The molecule has 1 aliphatic heterocycles. The predicted molar refractivity (Wildman–Crippen MR) is 106 cm³/mol. The van der Waals surface area contributed by atoms with E-state index in [2.05, 4.69) is 21.2 Å². The summed E-state index contributed by atoms with van der Waals surface area (Å²) in [6.45, 7) is 1.81. The molecule has 138 valence electrons. The van der Waals surface area contributed by atoms with Crippen molar-refractivity contribution in [3.8, 4) is 5.75 Å². The zero-order valence-corrected chi connectivity index (χ0v) is 16.8.